The lowest BCUT2D eigenvalue weighted by atomic mass is 9.77. The third-order valence-corrected chi connectivity index (χ3v) is 4.57. The van der Waals surface area contributed by atoms with Gasteiger partial charge in [-0.15, -0.1) is 0 Å². The molecule has 0 radical (unpaired) electrons. The second kappa shape index (κ2) is 7.66. The van der Waals surface area contributed by atoms with E-state index in [0.717, 1.165) is 37.8 Å². The van der Waals surface area contributed by atoms with Gasteiger partial charge in [-0.1, -0.05) is 32.3 Å². The molecule has 5 heteroatoms. The van der Waals surface area contributed by atoms with Gasteiger partial charge in [0.25, 0.3) is 0 Å². The largest absolute Gasteiger partial charge is 0.454 e. The highest BCUT2D eigenvalue weighted by Gasteiger charge is 2.32. The molecule has 0 saturated heterocycles. The van der Waals surface area contributed by atoms with Crippen LogP contribution in [0.4, 0.5) is 8.78 Å². The van der Waals surface area contributed by atoms with Crippen molar-refractivity contribution in [1.82, 2.24) is 0 Å². The summed E-state index contributed by atoms with van der Waals surface area (Å²) in [7, 11) is 0. The zero-order valence-electron chi connectivity index (χ0n) is 13.5. The number of Topliss-reactive ketones (excluding diaryl/α,β-unsaturated/α-hetero) is 1. The van der Waals surface area contributed by atoms with E-state index in [-0.39, 0.29) is 23.2 Å². The van der Waals surface area contributed by atoms with Gasteiger partial charge in [0.1, 0.15) is 11.6 Å². The number of halogens is 2. The van der Waals surface area contributed by atoms with Gasteiger partial charge in [-0.2, -0.15) is 0 Å². The lowest BCUT2D eigenvalue weighted by molar-refractivity contribution is -0.155. The van der Waals surface area contributed by atoms with Gasteiger partial charge in [0.05, 0.1) is 6.42 Å². The van der Waals surface area contributed by atoms with Crippen molar-refractivity contribution in [3.63, 3.8) is 0 Å². The fraction of sp³-hybridized carbons (Fsp3) is 0.556. The van der Waals surface area contributed by atoms with Crippen LogP contribution in [0.2, 0.25) is 0 Å². The molecule has 1 aromatic carbocycles. The lowest BCUT2D eigenvalue weighted by Gasteiger charge is -2.29. The summed E-state index contributed by atoms with van der Waals surface area (Å²) >= 11 is 0. The molecule has 0 N–H and O–H groups in total. The van der Waals surface area contributed by atoms with Crippen molar-refractivity contribution < 1.29 is 23.1 Å². The summed E-state index contributed by atoms with van der Waals surface area (Å²) in [6.45, 7) is 3.56. The van der Waals surface area contributed by atoms with Gasteiger partial charge >= 0.3 is 5.97 Å². The molecule has 1 fully saturated rings. The van der Waals surface area contributed by atoms with Crippen molar-refractivity contribution >= 4 is 11.8 Å². The molecule has 1 aliphatic rings. The van der Waals surface area contributed by atoms with E-state index in [0.29, 0.717) is 0 Å². The van der Waals surface area contributed by atoms with Gasteiger partial charge in [-0.05, 0) is 31.4 Å². The molecule has 1 saturated carbocycles. The molecule has 1 aliphatic carbocycles. The smallest absolute Gasteiger partial charge is 0.311 e. The van der Waals surface area contributed by atoms with E-state index in [4.69, 9.17) is 4.74 Å². The zero-order valence-corrected chi connectivity index (χ0v) is 13.5. The minimum absolute atomic E-state index is 0.0976. The standard InChI is InChI=1S/C18H22F2O3/c1-11-6-3-4-7-13(11)18(22)12(2)23-17(21)10-14-15(19)8-5-9-16(14)20/h5,8-9,11-13H,3-4,6-7,10H2,1-2H3. The predicted molar refractivity (Wildman–Crippen MR) is 81.7 cm³/mol. The molecular formula is C18H22F2O3. The first-order valence-corrected chi connectivity index (χ1v) is 8.06. The second-order valence-corrected chi connectivity index (χ2v) is 6.28. The van der Waals surface area contributed by atoms with Crippen molar-refractivity contribution in [2.24, 2.45) is 11.8 Å². The molecule has 3 atom stereocenters. The van der Waals surface area contributed by atoms with E-state index in [9.17, 15) is 18.4 Å². The fourth-order valence-corrected chi connectivity index (χ4v) is 3.18. The maximum atomic E-state index is 13.5. The van der Waals surface area contributed by atoms with E-state index in [1.807, 2.05) is 6.92 Å². The van der Waals surface area contributed by atoms with Crippen LogP contribution in [0.1, 0.15) is 45.1 Å². The predicted octanol–water partition coefficient (Wildman–Crippen LogP) is 3.83. The topological polar surface area (TPSA) is 43.4 Å². The summed E-state index contributed by atoms with van der Waals surface area (Å²) in [4.78, 5) is 24.3. The number of ether oxygens (including phenoxy) is 1. The molecular weight excluding hydrogens is 302 g/mol. The molecule has 0 bridgehead atoms. The molecule has 0 heterocycles. The highest BCUT2D eigenvalue weighted by atomic mass is 19.1. The Labute approximate surface area is 135 Å². The van der Waals surface area contributed by atoms with Gasteiger partial charge in [0, 0.05) is 11.5 Å². The van der Waals surface area contributed by atoms with Gasteiger partial charge < -0.3 is 4.74 Å². The van der Waals surface area contributed by atoms with E-state index in [2.05, 4.69) is 0 Å². The maximum absolute atomic E-state index is 13.5. The summed E-state index contributed by atoms with van der Waals surface area (Å²) in [6, 6.07) is 3.41. The van der Waals surface area contributed by atoms with Crippen LogP contribution in [0.15, 0.2) is 18.2 Å². The molecule has 23 heavy (non-hydrogen) atoms. The SMILES string of the molecule is CC(OC(=O)Cc1c(F)cccc1F)C(=O)C1CCCCC1C. The number of hydrogen-bond acceptors (Lipinski definition) is 3. The summed E-state index contributed by atoms with van der Waals surface area (Å²) in [5.74, 6) is -2.29. The summed E-state index contributed by atoms with van der Waals surface area (Å²) in [5, 5.41) is 0. The third kappa shape index (κ3) is 4.36. The number of rotatable bonds is 5. The number of esters is 1. The molecule has 0 aromatic heterocycles. The zero-order chi connectivity index (χ0) is 17.0. The molecule has 0 spiro atoms. The van der Waals surface area contributed by atoms with Crippen LogP contribution in [0.25, 0.3) is 0 Å². The van der Waals surface area contributed by atoms with Crippen molar-refractivity contribution in [2.75, 3.05) is 0 Å². The van der Waals surface area contributed by atoms with Crippen LogP contribution in [0.5, 0.6) is 0 Å². The van der Waals surface area contributed by atoms with Crippen molar-refractivity contribution in [3.05, 3.63) is 35.4 Å². The van der Waals surface area contributed by atoms with E-state index < -0.39 is 30.1 Å². The van der Waals surface area contributed by atoms with Crippen LogP contribution in [0.3, 0.4) is 0 Å². The Morgan fingerprint density at radius 1 is 1.22 bits per heavy atom. The van der Waals surface area contributed by atoms with E-state index >= 15 is 0 Å². The van der Waals surface area contributed by atoms with Crippen molar-refractivity contribution in [1.29, 1.82) is 0 Å². The summed E-state index contributed by atoms with van der Waals surface area (Å²) in [5.41, 5.74) is -0.330. The lowest BCUT2D eigenvalue weighted by Crippen LogP contribution is -2.35. The fourth-order valence-electron chi connectivity index (χ4n) is 3.18. The Kier molecular flexibility index (Phi) is 5.85. The van der Waals surface area contributed by atoms with E-state index in [1.165, 1.54) is 13.0 Å². The number of benzene rings is 1. The van der Waals surface area contributed by atoms with Crippen LogP contribution < -0.4 is 0 Å². The Morgan fingerprint density at radius 2 is 1.83 bits per heavy atom. The number of ketones is 1. The highest BCUT2D eigenvalue weighted by molar-refractivity contribution is 5.87. The maximum Gasteiger partial charge on any atom is 0.311 e. The Hall–Kier alpha value is -1.78. The van der Waals surface area contributed by atoms with Crippen LogP contribution in [0, 0.1) is 23.5 Å². The van der Waals surface area contributed by atoms with Crippen molar-refractivity contribution in [2.45, 2.75) is 52.1 Å². The number of carbonyl (C=O) groups excluding carboxylic acids is 2. The molecule has 2 rings (SSSR count). The van der Waals surface area contributed by atoms with Crippen LogP contribution >= 0.6 is 0 Å². The van der Waals surface area contributed by atoms with Gasteiger partial charge in [0.2, 0.25) is 0 Å². The molecule has 126 valence electrons. The second-order valence-electron chi connectivity index (χ2n) is 6.28. The average Bonchev–Trinajstić information content (AvgIpc) is 2.51. The van der Waals surface area contributed by atoms with Gasteiger partial charge in [0.15, 0.2) is 11.9 Å². The molecule has 0 aliphatic heterocycles. The molecule has 0 amide bonds. The van der Waals surface area contributed by atoms with Crippen LogP contribution in [-0.2, 0) is 20.7 Å². The third-order valence-electron chi connectivity index (χ3n) is 4.57. The number of hydrogen-bond donors (Lipinski definition) is 0. The first kappa shape index (κ1) is 17.6. The minimum Gasteiger partial charge on any atom is -0.454 e. The van der Waals surface area contributed by atoms with Crippen molar-refractivity contribution in [3.8, 4) is 0 Å². The monoisotopic (exact) mass is 324 g/mol. The first-order valence-electron chi connectivity index (χ1n) is 8.06. The summed E-state index contributed by atoms with van der Waals surface area (Å²) < 4.78 is 32.2. The molecule has 1 aromatic rings. The Balaban J connectivity index is 1.95. The average molecular weight is 324 g/mol. The molecule has 3 unspecified atom stereocenters. The Bertz CT molecular complexity index is 565. The minimum atomic E-state index is -0.886. The highest BCUT2D eigenvalue weighted by Crippen LogP contribution is 2.31. The van der Waals surface area contributed by atoms with Gasteiger partial charge in [-0.25, -0.2) is 8.78 Å². The van der Waals surface area contributed by atoms with Gasteiger partial charge in [-0.3, -0.25) is 9.59 Å². The summed E-state index contributed by atoms with van der Waals surface area (Å²) in [6.07, 6.45) is 2.52. The van der Waals surface area contributed by atoms with Crippen LogP contribution in [-0.4, -0.2) is 17.9 Å². The Morgan fingerprint density at radius 3 is 2.43 bits per heavy atom. The quantitative estimate of drug-likeness (QED) is 0.773. The molecule has 3 nitrogen and oxygen atoms in total. The first-order chi connectivity index (χ1) is 10.9. The normalized spacial score (nSPS) is 22.4. The number of carbonyl (C=O) groups is 2. The van der Waals surface area contributed by atoms with E-state index in [1.54, 1.807) is 0 Å².